The van der Waals surface area contributed by atoms with E-state index in [-0.39, 0.29) is 5.91 Å². The van der Waals surface area contributed by atoms with Gasteiger partial charge in [0.1, 0.15) is 0 Å². The van der Waals surface area contributed by atoms with Crippen LogP contribution < -0.4 is 10.2 Å². The average Bonchev–Trinajstić information content (AvgIpc) is 3.24. The molecule has 2 heterocycles. The fraction of sp³-hybridized carbons (Fsp3) is 0.190. The molecule has 5 nitrogen and oxygen atoms in total. The molecule has 130 valence electrons. The topological polar surface area (TPSA) is 58.1 Å². The molecule has 3 aromatic rings. The third-order valence-corrected chi connectivity index (χ3v) is 4.51. The number of nitrogens with zero attached hydrogens (tertiary/aromatic N) is 3. The van der Waals surface area contributed by atoms with Crippen LogP contribution in [0, 0.1) is 0 Å². The van der Waals surface area contributed by atoms with Crippen LogP contribution in [-0.4, -0.2) is 29.0 Å². The van der Waals surface area contributed by atoms with Gasteiger partial charge >= 0.3 is 0 Å². The number of para-hydroxylation sites is 1. The Hall–Kier alpha value is -3.21. The van der Waals surface area contributed by atoms with Crippen LogP contribution in [0.5, 0.6) is 0 Å². The van der Waals surface area contributed by atoms with Crippen molar-refractivity contribution in [2.24, 2.45) is 0 Å². The van der Waals surface area contributed by atoms with Crippen molar-refractivity contribution in [3.05, 3.63) is 72.4 Å². The van der Waals surface area contributed by atoms with Gasteiger partial charge in [0, 0.05) is 36.1 Å². The summed E-state index contributed by atoms with van der Waals surface area (Å²) in [6, 6.07) is 18.8. The van der Waals surface area contributed by atoms with Crippen molar-refractivity contribution in [3.63, 3.8) is 0 Å². The zero-order valence-corrected chi connectivity index (χ0v) is 14.4. The molecular weight excluding hydrogens is 324 g/mol. The third kappa shape index (κ3) is 3.57. The third-order valence-electron chi connectivity index (χ3n) is 4.51. The van der Waals surface area contributed by atoms with Gasteiger partial charge in [-0.15, -0.1) is 0 Å². The SMILES string of the molecule is O=C(Nc1ccccc1)c1ccc(-c2ccnc(N3CCCC3)n2)cc1. The van der Waals surface area contributed by atoms with E-state index in [1.54, 1.807) is 6.20 Å². The molecule has 0 unspecified atom stereocenters. The Morgan fingerprint density at radius 2 is 1.65 bits per heavy atom. The van der Waals surface area contributed by atoms with Crippen molar-refractivity contribution in [2.45, 2.75) is 12.8 Å². The second kappa shape index (κ2) is 7.35. The minimum Gasteiger partial charge on any atom is -0.341 e. The van der Waals surface area contributed by atoms with Crippen LogP contribution in [0.3, 0.4) is 0 Å². The first-order chi connectivity index (χ1) is 12.8. The van der Waals surface area contributed by atoms with Gasteiger partial charge < -0.3 is 10.2 Å². The molecule has 2 aromatic carbocycles. The lowest BCUT2D eigenvalue weighted by atomic mass is 10.1. The van der Waals surface area contributed by atoms with Gasteiger partial charge in [0.25, 0.3) is 5.91 Å². The minimum atomic E-state index is -0.122. The predicted molar refractivity (Wildman–Crippen MR) is 103 cm³/mol. The molecule has 0 aliphatic carbocycles. The Morgan fingerprint density at radius 3 is 2.38 bits per heavy atom. The molecule has 0 spiro atoms. The number of hydrogen-bond acceptors (Lipinski definition) is 4. The van der Waals surface area contributed by atoms with Crippen LogP contribution in [0.2, 0.25) is 0 Å². The molecule has 1 aliphatic rings. The van der Waals surface area contributed by atoms with Gasteiger partial charge in [0.2, 0.25) is 5.95 Å². The van der Waals surface area contributed by atoms with E-state index in [4.69, 9.17) is 0 Å². The summed E-state index contributed by atoms with van der Waals surface area (Å²) in [6.45, 7) is 2.03. The monoisotopic (exact) mass is 344 g/mol. The summed E-state index contributed by atoms with van der Waals surface area (Å²) in [6.07, 6.45) is 4.18. The van der Waals surface area contributed by atoms with Gasteiger partial charge in [0.15, 0.2) is 0 Å². The zero-order chi connectivity index (χ0) is 17.8. The lowest BCUT2D eigenvalue weighted by Crippen LogP contribution is -2.20. The van der Waals surface area contributed by atoms with Gasteiger partial charge in [-0.3, -0.25) is 4.79 Å². The molecule has 5 heteroatoms. The molecule has 0 radical (unpaired) electrons. The first-order valence-electron chi connectivity index (χ1n) is 8.84. The number of anilines is 2. The van der Waals surface area contributed by atoms with Crippen molar-refractivity contribution < 1.29 is 4.79 Å². The van der Waals surface area contributed by atoms with Crippen LogP contribution in [0.1, 0.15) is 23.2 Å². The summed E-state index contributed by atoms with van der Waals surface area (Å²) in [5.74, 6) is 0.661. The molecule has 1 fully saturated rings. The number of carbonyl (C=O) groups is 1. The number of carbonyl (C=O) groups excluding carboxylic acids is 1. The second-order valence-corrected chi connectivity index (χ2v) is 6.33. The van der Waals surface area contributed by atoms with Crippen molar-refractivity contribution in [1.29, 1.82) is 0 Å². The number of aromatic nitrogens is 2. The molecule has 1 saturated heterocycles. The number of hydrogen-bond donors (Lipinski definition) is 1. The quantitative estimate of drug-likeness (QED) is 0.777. The molecule has 1 aliphatic heterocycles. The summed E-state index contributed by atoms with van der Waals surface area (Å²) in [7, 11) is 0. The predicted octanol–water partition coefficient (Wildman–Crippen LogP) is 4.00. The van der Waals surface area contributed by atoms with E-state index in [2.05, 4.69) is 20.2 Å². The first-order valence-corrected chi connectivity index (χ1v) is 8.84. The minimum absolute atomic E-state index is 0.122. The maximum absolute atomic E-state index is 12.3. The number of nitrogens with one attached hydrogen (secondary N) is 1. The molecule has 26 heavy (non-hydrogen) atoms. The highest BCUT2D eigenvalue weighted by Crippen LogP contribution is 2.22. The summed E-state index contributed by atoms with van der Waals surface area (Å²) in [5.41, 5.74) is 3.25. The van der Waals surface area contributed by atoms with Crippen LogP contribution in [0.25, 0.3) is 11.3 Å². The standard InChI is InChI=1S/C21H20N4O/c26-20(23-18-6-2-1-3-7-18)17-10-8-16(9-11-17)19-12-13-22-21(24-19)25-14-4-5-15-25/h1-3,6-13H,4-5,14-15H2,(H,23,26). The van der Waals surface area contributed by atoms with Crippen molar-refractivity contribution in [3.8, 4) is 11.3 Å². The smallest absolute Gasteiger partial charge is 0.255 e. The second-order valence-electron chi connectivity index (χ2n) is 6.33. The fourth-order valence-corrected chi connectivity index (χ4v) is 3.10. The van der Waals surface area contributed by atoms with Crippen LogP contribution in [0.4, 0.5) is 11.6 Å². The first kappa shape index (κ1) is 16.3. The molecule has 4 rings (SSSR count). The van der Waals surface area contributed by atoms with Gasteiger partial charge in [-0.05, 0) is 43.2 Å². The average molecular weight is 344 g/mol. The molecule has 1 amide bonds. The van der Waals surface area contributed by atoms with E-state index in [1.807, 2.05) is 60.7 Å². The Bertz CT molecular complexity index is 887. The maximum atomic E-state index is 12.3. The number of rotatable bonds is 4. The lowest BCUT2D eigenvalue weighted by Gasteiger charge is -2.15. The van der Waals surface area contributed by atoms with E-state index in [1.165, 1.54) is 12.8 Å². The lowest BCUT2D eigenvalue weighted by molar-refractivity contribution is 0.102. The summed E-state index contributed by atoms with van der Waals surface area (Å²) >= 11 is 0. The van der Waals surface area contributed by atoms with Gasteiger partial charge in [-0.2, -0.15) is 0 Å². The van der Waals surface area contributed by atoms with E-state index in [0.717, 1.165) is 36.0 Å². The van der Waals surface area contributed by atoms with Crippen molar-refractivity contribution in [2.75, 3.05) is 23.3 Å². The fourth-order valence-electron chi connectivity index (χ4n) is 3.10. The van der Waals surface area contributed by atoms with Crippen molar-refractivity contribution >= 4 is 17.5 Å². The van der Waals surface area contributed by atoms with Gasteiger partial charge in [0.05, 0.1) is 5.69 Å². The van der Waals surface area contributed by atoms with Crippen LogP contribution >= 0.6 is 0 Å². The highest BCUT2D eigenvalue weighted by atomic mass is 16.1. The molecule has 0 saturated carbocycles. The Kier molecular flexibility index (Phi) is 4.60. The molecule has 1 N–H and O–H groups in total. The highest BCUT2D eigenvalue weighted by molar-refractivity contribution is 6.04. The summed E-state index contributed by atoms with van der Waals surface area (Å²) < 4.78 is 0. The zero-order valence-electron chi connectivity index (χ0n) is 14.4. The normalized spacial score (nSPS) is 13.6. The molecular formula is C21H20N4O. The van der Waals surface area contributed by atoms with E-state index >= 15 is 0 Å². The largest absolute Gasteiger partial charge is 0.341 e. The molecule has 0 bridgehead atoms. The molecule has 0 atom stereocenters. The number of amides is 1. The van der Waals surface area contributed by atoms with Crippen molar-refractivity contribution in [1.82, 2.24) is 9.97 Å². The summed E-state index contributed by atoms with van der Waals surface area (Å²) in [5, 5.41) is 2.89. The van der Waals surface area contributed by atoms with E-state index in [0.29, 0.717) is 5.56 Å². The van der Waals surface area contributed by atoms with Crippen LogP contribution in [-0.2, 0) is 0 Å². The van der Waals surface area contributed by atoms with Gasteiger partial charge in [-0.25, -0.2) is 9.97 Å². The summed E-state index contributed by atoms with van der Waals surface area (Å²) in [4.78, 5) is 23.6. The van der Waals surface area contributed by atoms with Crippen LogP contribution in [0.15, 0.2) is 66.9 Å². The Labute approximate surface area is 152 Å². The maximum Gasteiger partial charge on any atom is 0.255 e. The Balaban J connectivity index is 1.51. The Morgan fingerprint density at radius 1 is 0.923 bits per heavy atom. The van der Waals surface area contributed by atoms with E-state index < -0.39 is 0 Å². The number of benzene rings is 2. The molecule has 1 aromatic heterocycles. The van der Waals surface area contributed by atoms with Gasteiger partial charge in [-0.1, -0.05) is 30.3 Å². The van der Waals surface area contributed by atoms with E-state index in [9.17, 15) is 4.79 Å². The highest BCUT2D eigenvalue weighted by Gasteiger charge is 2.15.